The zero-order valence-electron chi connectivity index (χ0n) is 9.78. The topological polar surface area (TPSA) is 105 Å². The minimum absolute atomic E-state index is 0.120. The van der Waals surface area contributed by atoms with Crippen LogP contribution in [-0.2, 0) is 6.54 Å². The number of nitrogens with zero attached hydrogens (tertiary/aromatic N) is 4. The second-order valence-corrected chi connectivity index (χ2v) is 3.64. The Balaban J connectivity index is 2.21. The molecule has 2 aromatic heterocycles. The summed E-state index contributed by atoms with van der Waals surface area (Å²) in [6.07, 6.45) is 2.92. The highest BCUT2D eigenvalue weighted by atomic mass is 16.6. The molecule has 1 N–H and O–H groups in total. The van der Waals surface area contributed by atoms with Crippen molar-refractivity contribution >= 4 is 11.5 Å². The van der Waals surface area contributed by atoms with Gasteiger partial charge < -0.3 is 5.32 Å². The molecule has 0 saturated heterocycles. The molecule has 0 bridgehead atoms. The molecular weight excluding hydrogens is 246 g/mol. The third-order valence-electron chi connectivity index (χ3n) is 2.36. The van der Waals surface area contributed by atoms with Gasteiger partial charge in [-0.3, -0.25) is 15.1 Å². The Morgan fingerprint density at radius 3 is 2.89 bits per heavy atom. The number of hydrogen-bond acceptors (Lipinski definition) is 6. The van der Waals surface area contributed by atoms with Crippen LogP contribution in [0.25, 0.3) is 0 Å². The second kappa shape index (κ2) is 5.55. The van der Waals surface area contributed by atoms with E-state index in [1.54, 1.807) is 18.3 Å². The van der Waals surface area contributed by atoms with E-state index in [1.165, 1.54) is 12.3 Å². The zero-order valence-corrected chi connectivity index (χ0v) is 9.78. The molecule has 0 radical (unpaired) electrons. The van der Waals surface area contributed by atoms with Gasteiger partial charge in [0.25, 0.3) is 0 Å². The number of anilines is 1. The summed E-state index contributed by atoms with van der Waals surface area (Å²) in [4.78, 5) is 18.3. The van der Waals surface area contributed by atoms with Crippen LogP contribution in [0.4, 0.5) is 11.5 Å². The van der Waals surface area contributed by atoms with Crippen LogP contribution in [-0.4, -0.2) is 14.9 Å². The van der Waals surface area contributed by atoms with Crippen LogP contribution < -0.4 is 5.32 Å². The first-order valence-electron chi connectivity index (χ1n) is 5.39. The summed E-state index contributed by atoms with van der Waals surface area (Å²) in [6, 6.07) is 8.41. The molecular formula is C12H9N5O2. The van der Waals surface area contributed by atoms with Gasteiger partial charge in [-0.1, -0.05) is 6.07 Å². The van der Waals surface area contributed by atoms with Gasteiger partial charge in [0.05, 0.1) is 22.7 Å². The van der Waals surface area contributed by atoms with Crippen LogP contribution in [0.15, 0.2) is 36.7 Å². The molecule has 2 aromatic rings. The molecule has 0 spiro atoms. The van der Waals surface area contributed by atoms with Crippen LogP contribution in [0.1, 0.15) is 11.3 Å². The molecule has 0 fully saturated rings. The first-order valence-corrected chi connectivity index (χ1v) is 5.39. The molecule has 0 amide bonds. The van der Waals surface area contributed by atoms with Crippen molar-refractivity contribution in [2.45, 2.75) is 6.54 Å². The van der Waals surface area contributed by atoms with Gasteiger partial charge in [-0.2, -0.15) is 5.26 Å². The maximum absolute atomic E-state index is 10.9. The molecule has 0 aliphatic heterocycles. The molecule has 2 heterocycles. The first kappa shape index (κ1) is 12.4. The van der Waals surface area contributed by atoms with Gasteiger partial charge in [0.15, 0.2) is 0 Å². The van der Waals surface area contributed by atoms with Gasteiger partial charge in [0, 0.05) is 18.5 Å². The molecule has 0 unspecified atom stereocenters. The minimum Gasteiger partial charge on any atom is -0.359 e. The third kappa shape index (κ3) is 3.01. The summed E-state index contributed by atoms with van der Waals surface area (Å²) in [7, 11) is 0. The van der Waals surface area contributed by atoms with E-state index < -0.39 is 4.92 Å². The van der Waals surface area contributed by atoms with Crippen LogP contribution >= 0.6 is 0 Å². The Labute approximate surface area is 108 Å². The average Bonchev–Trinajstić information content (AvgIpc) is 2.46. The summed E-state index contributed by atoms with van der Waals surface area (Å²) < 4.78 is 0. The van der Waals surface area contributed by atoms with Gasteiger partial charge in [-0.15, -0.1) is 0 Å². The zero-order chi connectivity index (χ0) is 13.7. The molecule has 0 aromatic carbocycles. The quantitative estimate of drug-likeness (QED) is 0.660. The minimum atomic E-state index is -0.575. The summed E-state index contributed by atoms with van der Waals surface area (Å²) in [5.74, 6) is 0.120. The van der Waals surface area contributed by atoms with E-state index in [0.717, 1.165) is 5.69 Å². The molecule has 0 atom stereocenters. The van der Waals surface area contributed by atoms with Crippen LogP contribution in [0.5, 0.6) is 0 Å². The van der Waals surface area contributed by atoms with Crippen LogP contribution in [0.3, 0.4) is 0 Å². The molecule has 0 saturated carbocycles. The van der Waals surface area contributed by atoms with Gasteiger partial charge >= 0.3 is 5.69 Å². The lowest BCUT2D eigenvalue weighted by molar-refractivity contribution is -0.384. The fourth-order valence-electron chi connectivity index (χ4n) is 1.47. The summed E-state index contributed by atoms with van der Waals surface area (Å²) in [5, 5.41) is 22.4. The second-order valence-electron chi connectivity index (χ2n) is 3.64. The molecule has 2 rings (SSSR count). The highest BCUT2D eigenvalue weighted by Gasteiger charge is 2.16. The van der Waals surface area contributed by atoms with E-state index in [4.69, 9.17) is 5.26 Å². The van der Waals surface area contributed by atoms with Gasteiger partial charge in [0.2, 0.25) is 5.82 Å². The Hall–Kier alpha value is -3.01. The maximum Gasteiger partial charge on any atom is 0.312 e. The lowest BCUT2D eigenvalue weighted by Gasteiger charge is -2.05. The van der Waals surface area contributed by atoms with Crippen molar-refractivity contribution in [2.24, 2.45) is 0 Å². The molecule has 0 aliphatic carbocycles. The number of nitro groups is 1. The molecule has 94 valence electrons. The molecule has 0 aliphatic rings. The van der Waals surface area contributed by atoms with E-state index in [0.29, 0.717) is 6.54 Å². The third-order valence-corrected chi connectivity index (χ3v) is 2.36. The summed E-state index contributed by atoms with van der Waals surface area (Å²) in [5.41, 5.74) is 0.660. The summed E-state index contributed by atoms with van der Waals surface area (Å²) >= 11 is 0. The van der Waals surface area contributed by atoms with Crippen LogP contribution in [0.2, 0.25) is 0 Å². The van der Waals surface area contributed by atoms with Gasteiger partial charge in [0.1, 0.15) is 6.07 Å². The monoisotopic (exact) mass is 255 g/mol. The van der Waals surface area contributed by atoms with Gasteiger partial charge in [-0.25, -0.2) is 4.98 Å². The number of hydrogen-bond donors (Lipinski definition) is 1. The number of pyridine rings is 2. The van der Waals surface area contributed by atoms with E-state index >= 15 is 0 Å². The van der Waals surface area contributed by atoms with E-state index in [2.05, 4.69) is 15.3 Å². The van der Waals surface area contributed by atoms with E-state index in [1.807, 2.05) is 12.1 Å². The van der Waals surface area contributed by atoms with E-state index in [-0.39, 0.29) is 17.1 Å². The number of rotatable bonds is 4. The van der Waals surface area contributed by atoms with Crippen molar-refractivity contribution in [3.8, 4) is 6.07 Å². The van der Waals surface area contributed by atoms with Crippen molar-refractivity contribution in [2.75, 3.05) is 5.32 Å². The smallest absolute Gasteiger partial charge is 0.312 e. The highest BCUT2D eigenvalue weighted by Crippen LogP contribution is 2.22. The first-order chi connectivity index (χ1) is 9.20. The van der Waals surface area contributed by atoms with Crippen molar-refractivity contribution in [1.29, 1.82) is 5.26 Å². The predicted octanol–water partition coefficient (Wildman–Crippen LogP) is 1.87. The van der Waals surface area contributed by atoms with E-state index in [9.17, 15) is 10.1 Å². The predicted molar refractivity (Wildman–Crippen MR) is 67.2 cm³/mol. The fourth-order valence-corrected chi connectivity index (χ4v) is 1.47. The largest absolute Gasteiger partial charge is 0.359 e. The normalized spacial score (nSPS) is 9.63. The average molecular weight is 255 g/mol. The number of aromatic nitrogens is 2. The standard InChI is InChI=1S/C12H9N5O2/c13-6-9-5-11(17(18)19)12(15-7-9)16-8-10-3-1-2-4-14-10/h1-5,7H,8H2,(H,15,16). The van der Waals surface area contributed by atoms with Crippen LogP contribution in [0, 0.1) is 21.4 Å². The van der Waals surface area contributed by atoms with Crippen molar-refractivity contribution in [3.05, 3.63) is 58.0 Å². The van der Waals surface area contributed by atoms with Crippen molar-refractivity contribution in [1.82, 2.24) is 9.97 Å². The SMILES string of the molecule is N#Cc1cnc(NCc2ccccn2)c([N+](=O)[O-])c1. The van der Waals surface area contributed by atoms with Crippen molar-refractivity contribution in [3.63, 3.8) is 0 Å². The fraction of sp³-hybridized carbons (Fsp3) is 0.0833. The van der Waals surface area contributed by atoms with Crippen molar-refractivity contribution < 1.29 is 4.92 Å². The highest BCUT2D eigenvalue weighted by molar-refractivity contribution is 5.58. The summed E-state index contributed by atoms with van der Waals surface area (Å²) in [6.45, 7) is 0.320. The Morgan fingerprint density at radius 1 is 1.42 bits per heavy atom. The number of nitriles is 1. The maximum atomic E-state index is 10.9. The molecule has 7 nitrogen and oxygen atoms in total. The Kier molecular flexibility index (Phi) is 3.64. The molecule has 19 heavy (non-hydrogen) atoms. The number of nitrogens with one attached hydrogen (secondary N) is 1. The van der Waals surface area contributed by atoms with Gasteiger partial charge in [-0.05, 0) is 12.1 Å². The Morgan fingerprint density at radius 2 is 2.26 bits per heavy atom. The lowest BCUT2D eigenvalue weighted by Crippen LogP contribution is -2.06. The lowest BCUT2D eigenvalue weighted by atomic mass is 10.2. The molecule has 7 heteroatoms. The Bertz CT molecular complexity index is 636.